The van der Waals surface area contributed by atoms with E-state index in [1.54, 1.807) is 0 Å². The van der Waals surface area contributed by atoms with E-state index in [-0.39, 0.29) is 6.54 Å². The topological polar surface area (TPSA) is 113 Å². The number of nitrogens with two attached hydrogens (primary N) is 2. The number of benzene rings is 1. The Morgan fingerprint density at radius 3 is 2.71 bits per heavy atom. The molecule has 0 aliphatic carbocycles. The summed E-state index contributed by atoms with van der Waals surface area (Å²) in [7, 11) is 0. The molecule has 7 heteroatoms. The fourth-order valence-electron chi connectivity index (χ4n) is 1.29. The van der Waals surface area contributed by atoms with Gasteiger partial charge in [-0.05, 0) is 5.21 Å². The highest BCUT2D eigenvalue weighted by molar-refractivity contribution is 5.79. The first-order chi connectivity index (χ1) is 8.16. The maximum Gasteiger partial charge on any atom is 0.236 e. The number of carbonyl (C=O) groups is 1. The van der Waals surface area contributed by atoms with Gasteiger partial charge in [-0.1, -0.05) is 30.3 Å². The van der Waals surface area contributed by atoms with E-state index in [2.05, 4.69) is 15.4 Å². The van der Waals surface area contributed by atoms with Crippen molar-refractivity contribution in [3.05, 3.63) is 30.3 Å². The third-order valence-electron chi connectivity index (χ3n) is 2.21. The van der Waals surface area contributed by atoms with Crippen LogP contribution in [0.4, 0.5) is 0 Å². The average Bonchev–Trinajstić information content (AvgIpc) is 2.78. The van der Waals surface area contributed by atoms with Gasteiger partial charge in [0, 0.05) is 5.56 Å². The van der Waals surface area contributed by atoms with Crippen LogP contribution in [0, 0.1) is 0 Å². The standard InChI is InChI=1S/C10H12N6O/c11-8(9(12)17)6-16-14-10(13-15-16)7-4-2-1-3-5-7/h1-5,8H,6,11H2,(H2,12,17). The van der Waals surface area contributed by atoms with Gasteiger partial charge in [0.2, 0.25) is 11.7 Å². The first-order valence-electron chi connectivity index (χ1n) is 5.05. The number of hydrogen-bond donors (Lipinski definition) is 2. The van der Waals surface area contributed by atoms with Crippen LogP contribution in [-0.4, -0.2) is 32.2 Å². The number of tetrazole rings is 1. The molecule has 1 aromatic carbocycles. The molecule has 1 aromatic heterocycles. The quantitative estimate of drug-likeness (QED) is 0.713. The molecular weight excluding hydrogens is 220 g/mol. The lowest BCUT2D eigenvalue weighted by atomic mass is 10.2. The van der Waals surface area contributed by atoms with Crippen molar-refractivity contribution in [1.29, 1.82) is 0 Å². The van der Waals surface area contributed by atoms with Gasteiger partial charge in [-0.2, -0.15) is 4.80 Å². The predicted molar refractivity (Wildman–Crippen MR) is 60.4 cm³/mol. The summed E-state index contributed by atoms with van der Waals surface area (Å²) in [5.41, 5.74) is 11.4. The summed E-state index contributed by atoms with van der Waals surface area (Å²) in [5, 5.41) is 11.8. The molecule has 0 radical (unpaired) electrons. The second-order valence-corrected chi connectivity index (χ2v) is 3.54. The Bertz CT molecular complexity index is 509. The fraction of sp³-hybridized carbons (Fsp3) is 0.200. The van der Waals surface area contributed by atoms with E-state index in [1.807, 2.05) is 30.3 Å². The van der Waals surface area contributed by atoms with E-state index < -0.39 is 11.9 Å². The van der Waals surface area contributed by atoms with Gasteiger partial charge in [0.25, 0.3) is 0 Å². The number of rotatable bonds is 4. The molecule has 0 saturated carbocycles. The molecule has 0 aliphatic heterocycles. The van der Waals surface area contributed by atoms with Crippen LogP contribution in [0.5, 0.6) is 0 Å². The highest BCUT2D eigenvalue weighted by Gasteiger charge is 2.12. The average molecular weight is 232 g/mol. The summed E-state index contributed by atoms with van der Waals surface area (Å²) in [5.74, 6) is -0.106. The summed E-state index contributed by atoms with van der Waals surface area (Å²) in [6.07, 6.45) is 0. The summed E-state index contributed by atoms with van der Waals surface area (Å²) in [4.78, 5) is 12.1. The van der Waals surface area contributed by atoms with Crippen LogP contribution in [0.1, 0.15) is 0 Å². The van der Waals surface area contributed by atoms with Crippen molar-refractivity contribution in [3.8, 4) is 11.4 Å². The Kier molecular flexibility index (Phi) is 3.10. The summed E-state index contributed by atoms with van der Waals surface area (Å²) in [6.45, 7) is 0.120. The number of hydrogen-bond acceptors (Lipinski definition) is 5. The van der Waals surface area contributed by atoms with E-state index in [1.165, 1.54) is 4.80 Å². The molecule has 1 heterocycles. The van der Waals surface area contributed by atoms with Crippen molar-refractivity contribution in [1.82, 2.24) is 20.2 Å². The molecule has 0 bridgehead atoms. The molecule has 0 spiro atoms. The van der Waals surface area contributed by atoms with Gasteiger partial charge in [0.05, 0.1) is 6.54 Å². The van der Waals surface area contributed by atoms with Crippen LogP contribution < -0.4 is 11.5 Å². The molecule has 17 heavy (non-hydrogen) atoms. The monoisotopic (exact) mass is 232 g/mol. The molecule has 7 nitrogen and oxygen atoms in total. The molecule has 1 amide bonds. The zero-order valence-corrected chi connectivity index (χ0v) is 9.02. The van der Waals surface area contributed by atoms with Crippen LogP contribution in [0.3, 0.4) is 0 Å². The van der Waals surface area contributed by atoms with Crippen LogP contribution in [-0.2, 0) is 11.3 Å². The molecule has 2 rings (SSSR count). The van der Waals surface area contributed by atoms with Crippen molar-refractivity contribution in [2.24, 2.45) is 11.5 Å². The minimum Gasteiger partial charge on any atom is -0.368 e. The van der Waals surface area contributed by atoms with E-state index >= 15 is 0 Å². The largest absolute Gasteiger partial charge is 0.368 e. The Labute approximate surface area is 97.4 Å². The second kappa shape index (κ2) is 4.71. The number of nitrogens with zero attached hydrogens (tertiary/aromatic N) is 4. The van der Waals surface area contributed by atoms with Gasteiger partial charge in [-0.3, -0.25) is 4.79 Å². The lowest BCUT2D eigenvalue weighted by Gasteiger charge is -2.04. The maximum absolute atomic E-state index is 10.8. The van der Waals surface area contributed by atoms with E-state index in [9.17, 15) is 4.79 Å². The van der Waals surface area contributed by atoms with Gasteiger partial charge >= 0.3 is 0 Å². The summed E-state index contributed by atoms with van der Waals surface area (Å²) < 4.78 is 0. The number of primary amides is 1. The third kappa shape index (κ3) is 2.64. The van der Waals surface area contributed by atoms with Crippen molar-refractivity contribution in [2.45, 2.75) is 12.6 Å². The van der Waals surface area contributed by atoms with Gasteiger partial charge in [-0.15, -0.1) is 10.2 Å². The minimum atomic E-state index is -0.812. The van der Waals surface area contributed by atoms with Crippen molar-refractivity contribution < 1.29 is 4.79 Å². The smallest absolute Gasteiger partial charge is 0.236 e. The molecule has 1 atom stereocenters. The first-order valence-corrected chi connectivity index (χ1v) is 5.05. The van der Waals surface area contributed by atoms with Crippen molar-refractivity contribution >= 4 is 5.91 Å². The number of carbonyl (C=O) groups excluding carboxylic acids is 1. The SMILES string of the molecule is NC(=O)C(N)Cn1nnc(-c2ccccc2)n1. The zero-order valence-electron chi connectivity index (χ0n) is 9.02. The summed E-state index contributed by atoms with van der Waals surface area (Å²) >= 11 is 0. The molecule has 88 valence electrons. The predicted octanol–water partition coefficient (Wildman–Crippen LogP) is -0.847. The molecule has 4 N–H and O–H groups in total. The van der Waals surface area contributed by atoms with E-state index in [0.717, 1.165) is 5.56 Å². The highest BCUT2D eigenvalue weighted by atomic mass is 16.1. The minimum absolute atomic E-state index is 0.120. The Hall–Kier alpha value is -2.28. The van der Waals surface area contributed by atoms with Gasteiger partial charge in [0.1, 0.15) is 6.04 Å². The van der Waals surface area contributed by atoms with Crippen LogP contribution in [0.25, 0.3) is 11.4 Å². The number of amides is 1. The van der Waals surface area contributed by atoms with Crippen LogP contribution in [0.15, 0.2) is 30.3 Å². The fourth-order valence-corrected chi connectivity index (χ4v) is 1.29. The summed E-state index contributed by atoms with van der Waals surface area (Å²) in [6, 6.07) is 8.59. The highest BCUT2D eigenvalue weighted by Crippen LogP contribution is 2.11. The molecule has 0 aliphatic rings. The van der Waals surface area contributed by atoms with Crippen molar-refractivity contribution in [3.63, 3.8) is 0 Å². The van der Waals surface area contributed by atoms with Crippen molar-refractivity contribution in [2.75, 3.05) is 0 Å². The Balaban J connectivity index is 2.14. The maximum atomic E-state index is 10.8. The van der Waals surface area contributed by atoms with Gasteiger partial charge < -0.3 is 11.5 Å². The molecule has 2 aromatic rings. The van der Waals surface area contributed by atoms with E-state index in [4.69, 9.17) is 11.5 Å². The third-order valence-corrected chi connectivity index (χ3v) is 2.21. The molecular formula is C10H12N6O. The lowest BCUT2D eigenvalue weighted by molar-refractivity contribution is -0.119. The lowest BCUT2D eigenvalue weighted by Crippen LogP contribution is -2.40. The van der Waals surface area contributed by atoms with Crippen LogP contribution >= 0.6 is 0 Å². The Morgan fingerprint density at radius 1 is 1.35 bits per heavy atom. The number of aromatic nitrogens is 4. The van der Waals surface area contributed by atoms with Gasteiger partial charge in [0.15, 0.2) is 0 Å². The molecule has 0 fully saturated rings. The van der Waals surface area contributed by atoms with Crippen LogP contribution in [0.2, 0.25) is 0 Å². The second-order valence-electron chi connectivity index (χ2n) is 3.54. The molecule has 0 saturated heterocycles. The van der Waals surface area contributed by atoms with Gasteiger partial charge in [-0.25, -0.2) is 0 Å². The normalized spacial score (nSPS) is 12.3. The van der Waals surface area contributed by atoms with E-state index in [0.29, 0.717) is 5.82 Å². The first kappa shape index (κ1) is 11.2. The Morgan fingerprint density at radius 2 is 2.06 bits per heavy atom. The zero-order chi connectivity index (χ0) is 12.3. The molecule has 1 unspecified atom stereocenters.